The van der Waals surface area contributed by atoms with Crippen molar-refractivity contribution in [3.8, 4) is 5.88 Å². The molecule has 29 heavy (non-hydrogen) atoms. The molecule has 0 spiro atoms. The molecule has 144 valence electrons. The van der Waals surface area contributed by atoms with Crippen LogP contribution in [0.25, 0.3) is 10.9 Å². The van der Waals surface area contributed by atoms with Gasteiger partial charge in [0.25, 0.3) is 0 Å². The lowest BCUT2D eigenvalue weighted by Crippen LogP contribution is -2.04. The van der Waals surface area contributed by atoms with Crippen molar-refractivity contribution in [1.82, 2.24) is 4.57 Å². The Morgan fingerprint density at radius 2 is 1.66 bits per heavy atom. The number of aryl methyl sites for hydroxylation is 1. The fourth-order valence-electron chi connectivity index (χ4n) is 3.18. The highest BCUT2D eigenvalue weighted by Gasteiger charge is 2.16. The lowest BCUT2D eigenvalue weighted by Gasteiger charge is -2.07. The minimum absolute atomic E-state index is 0.0666. The van der Waals surface area contributed by atoms with Crippen molar-refractivity contribution in [1.29, 1.82) is 0 Å². The summed E-state index contributed by atoms with van der Waals surface area (Å²) in [4.78, 5) is 0. The van der Waals surface area contributed by atoms with Crippen molar-refractivity contribution in [3.63, 3.8) is 0 Å². The topological polar surface area (TPSA) is 61.9 Å². The number of aromatic nitrogens is 1. The molecule has 3 aromatic carbocycles. The van der Waals surface area contributed by atoms with E-state index in [9.17, 15) is 5.11 Å². The summed E-state index contributed by atoms with van der Waals surface area (Å²) in [7, 11) is 0. The minimum atomic E-state index is 0.0666. The molecule has 1 heterocycles. The van der Waals surface area contributed by atoms with E-state index in [2.05, 4.69) is 15.5 Å². The van der Waals surface area contributed by atoms with Crippen molar-refractivity contribution in [2.24, 2.45) is 10.2 Å². The summed E-state index contributed by atoms with van der Waals surface area (Å²) >= 11 is 5.29. The maximum absolute atomic E-state index is 10.9. The Kier molecular flexibility index (Phi) is 5.35. The summed E-state index contributed by atoms with van der Waals surface area (Å²) in [6, 6.07) is 25.6. The third-order valence-electron chi connectivity index (χ3n) is 4.64. The van der Waals surface area contributed by atoms with Crippen LogP contribution >= 0.6 is 12.2 Å². The molecular weight excluding hydrogens is 380 g/mol. The molecule has 1 aromatic heterocycles. The van der Waals surface area contributed by atoms with Crippen LogP contribution in [0.15, 0.2) is 89.1 Å². The van der Waals surface area contributed by atoms with E-state index in [1.54, 1.807) is 0 Å². The molecule has 0 bridgehead atoms. The average Bonchev–Trinajstić information content (AvgIpc) is 3.00. The second kappa shape index (κ2) is 8.24. The van der Waals surface area contributed by atoms with E-state index in [-0.39, 0.29) is 11.0 Å². The Morgan fingerprint density at radius 3 is 2.41 bits per heavy atom. The molecule has 0 saturated heterocycles. The van der Waals surface area contributed by atoms with Crippen molar-refractivity contribution in [3.05, 3.63) is 90.0 Å². The monoisotopic (exact) mass is 400 g/mol. The summed E-state index contributed by atoms with van der Waals surface area (Å²) in [5, 5.41) is 23.3. The van der Waals surface area contributed by atoms with Crippen molar-refractivity contribution in [2.75, 3.05) is 5.32 Å². The van der Waals surface area contributed by atoms with Crippen molar-refractivity contribution < 1.29 is 5.11 Å². The number of para-hydroxylation sites is 1. The summed E-state index contributed by atoms with van der Waals surface area (Å²) < 4.78 is 1.83. The number of rotatable bonds is 4. The van der Waals surface area contributed by atoms with Gasteiger partial charge in [0.1, 0.15) is 0 Å². The predicted octanol–water partition coefficient (Wildman–Crippen LogP) is 6.18. The number of aromatic hydroxyl groups is 1. The number of thiocarbonyl (C=S) groups is 1. The SMILES string of the molecule is Cc1ccc(NC(=S)N=Nc2c(O)n(Cc3ccccc3)c3ccccc23)cc1. The van der Waals surface area contributed by atoms with Crippen LogP contribution < -0.4 is 5.32 Å². The van der Waals surface area contributed by atoms with Gasteiger partial charge in [0, 0.05) is 11.1 Å². The molecule has 2 N–H and O–H groups in total. The molecule has 0 radical (unpaired) electrons. The van der Waals surface area contributed by atoms with Gasteiger partial charge in [0.2, 0.25) is 11.0 Å². The first-order valence-corrected chi connectivity index (χ1v) is 9.66. The van der Waals surface area contributed by atoms with Gasteiger partial charge < -0.3 is 15.0 Å². The van der Waals surface area contributed by atoms with Crippen LogP contribution in [0.4, 0.5) is 11.4 Å². The van der Waals surface area contributed by atoms with E-state index in [1.807, 2.05) is 90.4 Å². The Balaban J connectivity index is 1.63. The summed E-state index contributed by atoms with van der Waals surface area (Å²) in [5.41, 5.74) is 4.39. The molecule has 0 aliphatic heterocycles. The molecule has 0 saturated carbocycles. The Labute approximate surface area is 174 Å². The number of benzene rings is 3. The van der Waals surface area contributed by atoms with Crippen LogP contribution in [0.3, 0.4) is 0 Å². The van der Waals surface area contributed by atoms with Gasteiger partial charge in [-0.1, -0.05) is 66.2 Å². The van der Waals surface area contributed by atoms with Gasteiger partial charge in [-0.2, -0.15) is 0 Å². The fraction of sp³-hybridized carbons (Fsp3) is 0.0870. The van der Waals surface area contributed by atoms with Gasteiger partial charge in [-0.15, -0.1) is 10.2 Å². The van der Waals surface area contributed by atoms with Crippen molar-refractivity contribution in [2.45, 2.75) is 13.5 Å². The first-order valence-electron chi connectivity index (χ1n) is 9.25. The van der Waals surface area contributed by atoms with Gasteiger partial charge in [-0.25, -0.2) is 0 Å². The van der Waals surface area contributed by atoms with Crippen LogP contribution in [0, 0.1) is 6.92 Å². The predicted molar refractivity (Wildman–Crippen MR) is 121 cm³/mol. The quantitative estimate of drug-likeness (QED) is 0.317. The molecule has 4 aromatic rings. The van der Waals surface area contributed by atoms with Gasteiger partial charge in [-0.05, 0) is 42.9 Å². The Hall–Kier alpha value is -3.51. The maximum Gasteiger partial charge on any atom is 0.221 e. The third kappa shape index (κ3) is 4.17. The van der Waals surface area contributed by atoms with Gasteiger partial charge in [0.05, 0.1) is 12.1 Å². The first-order chi connectivity index (χ1) is 14.1. The Bertz CT molecular complexity index is 1180. The normalized spacial score (nSPS) is 11.2. The number of fused-ring (bicyclic) bond motifs is 1. The number of hydrogen-bond donors (Lipinski definition) is 2. The average molecular weight is 401 g/mol. The van der Waals surface area contributed by atoms with Crippen molar-refractivity contribution >= 4 is 39.6 Å². The first kappa shape index (κ1) is 18.8. The largest absolute Gasteiger partial charge is 0.493 e. The molecular formula is C23H20N4OS. The molecule has 5 nitrogen and oxygen atoms in total. The third-order valence-corrected chi connectivity index (χ3v) is 4.83. The zero-order valence-electron chi connectivity index (χ0n) is 15.9. The minimum Gasteiger partial charge on any atom is -0.493 e. The summed E-state index contributed by atoms with van der Waals surface area (Å²) in [5.74, 6) is 0.0666. The maximum atomic E-state index is 10.9. The van der Waals surface area contributed by atoms with E-state index >= 15 is 0 Å². The lowest BCUT2D eigenvalue weighted by atomic mass is 10.2. The van der Waals surface area contributed by atoms with Gasteiger partial charge >= 0.3 is 0 Å². The zero-order chi connectivity index (χ0) is 20.2. The summed E-state index contributed by atoms with van der Waals surface area (Å²) in [6.45, 7) is 2.56. The molecule has 0 aliphatic carbocycles. The standard InChI is InChI=1S/C23H20N4OS/c1-16-11-13-18(14-12-16)24-23(29)26-25-21-19-9-5-6-10-20(19)27(22(21)28)15-17-7-3-2-4-8-17/h2-14,28H,15H2,1H3,(H,24,29). The number of nitrogens with zero attached hydrogens (tertiary/aromatic N) is 3. The molecule has 0 unspecified atom stereocenters. The van der Waals surface area contributed by atoms with E-state index < -0.39 is 0 Å². The van der Waals surface area contributed by atoms with Crippen LogP contribution in [0.2, 0.25) is 0 Å². The smallest absolute Gasteiger partial charge is 0.221 e. The number of azo groups is 1. The molecule has 6 heteroatoms. The summed E-state index contributed by atoms with van der Waals surface area (Å²) in [6.07, 6.45) is 0. The molecule has 4 rings (SSSR count). The van der Waals surface area contributed by atoms with E-state index in [4.69, 9.17) is 12.2 Å². The zero-order valence-corrected chi connectivity index (χ0v) is 16.7. The highest BCUT2D eigenvalue weighted by Crippen LogP contribution is 2.39. The molecule has 0 fully saturated rings. The number of nitrogens with one attached hydrogen (secondary N) is 1. The Morgan fingerprint density at radius 1 is 0.966 bits per heavy atom. The van der Waals surface area contributed by atoms with Gasteiger partial charge in [-0.3, -0.25) is 0 Å². The number of hydrogen-bond acceptors (Lipinski definition) is 3. The fourth-order valence-corrected chi connectivity index (χ4v) is 3.34. The van der Waals surface area contributed by atoms with Crippen LogP contribution in [-0.4, -0.2) is 14.8 Å². The second-order valence-electron chi connectivity index (χ2n) is 6.76. The number of anilines is 1. The van der Waals surface area contributed by atoms with E-state index in [0.29, 0.717) is 12.2 Å². The van der Waals surface area contributed by atoms with Crippen LogP contribution in [0.5, 0.6) is 5.88 Å². The highest BCUT2D eigenvalue weighted by atomic mass is 32.1. The van der Waals surface area contributed by atoms with Crippen LogP contribution in [0.1, 0.15) is 11.1 Å². The van der Waals surface area contributed by atoms with Crippen LogP contribution in [-0.2, 0) is 6.54 Å². The van der Waals surface area contributed by atoms with E-state index in [1.165, 1.54) is 5.56 Å². The molecule has 0 aliphatic rings. The lowest BCUT2D eigenvalue weighted by molar-refractivity contribution is 0.429. The molecule has 0 atom stereocenters. The highest BCUT2D eigenvalue weighted by molar-refractivity contribution is 7.80. The van der Waals surface area contributed by atoms with E-state index in [0.717, 1.165) is 22.2 Å². The van der Waals surface area contributed by atoms with Gasteiger partial charge in [0.15, 0.2) is 5.69 Å². The molecule has 0 amide bonds. The second-order valence-corrected chi connectivity index (χ2v) is 7.14.